The lowest BCUT2D eigenvalue weighted by atomic mass is 9.84. The summed E-state index contributed by atoms with van der Waals surface area (Å²) in [4.78, 5) is 17.4. The lowest BCUT2D eigenvalue weighted by molar-refractivity contribution is 0.103. The van der Waals surface area contributed by atoms with Gasteiger partial charge in [0.15, 0.2) is 11.5 Å². The van der Waals surface area contributed by atoms with Gasteiger partial charge in [0.05, 0.1) is 26.9 Å². The molecule has 0 unspecified atom stereocenters. The summed E-state index contributed by atoms with van der Waals surface area (Å²) in [5, 5.41) is 1.76. The first-order valence-corrected chi connectivity index (χ1v) is 7.46. The Balaban J connectivity index is 2.17. The molecule has 5 heteroatoms. The van der Waals surface area contributed by atoms with Gasteiger partial charge in [-0.15, -0.1) is 0 Å². The maximum Gasteiger partial charge on any atom is 0.216 e. The van der Waals surface area contributed by atoms with E-state index in [2.05, 4.69) is 4.98 Å². The fourth-order valence-corrected chi connectivity index (χ4v) is 3.29. The Morgan fingerprint density at radius 2 is 1.75 bits per heavy atom. The molecule has 0 radical (unpaired) electrons. The molecule has 5 nitrogen and oxygen atoms in total. The van der Waals surface area contributed by atoms with Gasteiger partial charge in [-0.3, -0.25) is 9.78 Å². The predicted octanol–water partition coefficient (Wildman–Crippen LogP) is 3.47. The Bertz CT molecular complexity index is 994. The van der Waals surface area contributed by atoms with Crippen molar-refractivity contribution in [1.29, 1.82) is 0 Å². The highest BCUT2D eigenvalue weighted by molar-refractivity contribution is 6.26. The van der Waals surface area contributed by atoms with Crippen LogP contribution in [-0.4, -0.2) is 32.1 Å². The highest BCUT2D eigenvalue weighted by Gasteiger charge is 2.31. The standard InChI is InChI=1S/C19H15NO4/c1-22-11-8-10-6-7-20-17-15(10)13(9-11)12-4-5-14(23-2)19(24-3)16(12)18(17)21/h4-9H,1-3H3. The second-order valence-corrected chi connectivity index (χ2v) is 5.49. The summed E-state index contributed by atoms with van der Waals surface area (Å²) in [7, 11) is 4.70. The fraction of sp³-hybridized carbons (Fsp3) is 0.158. The minimum absolute atomic E-state index is 0.163. The number of fused-ring (bicyclic) bond motifs is 2. The van der Waals surface area contributed by atoms with Gasteiger partial charge in [0.2, 0.25) is 5.78 Å². The van der Waals surface area contributed by atoms with Crippen molar-refractivity contribution >= 4 is 16.6 Å². The molecule has 0 N–H and O–H groups in total. The van der Waals surface area contributed by atoms with Gasteiger partial charge < -0.3 is 14.2 Å². The third kappa shape index (κ3) is 1.81. The zero-order valence-electron chi connectivity index (χ0n) is 13.5. The summed E-state index contributed by atoms with van der Waals surface area (Å²) in [6.45, 7) is 0. The van der Waals surface area contributed by atoms with E-state index in [9.17, 15) is 4.79 Å². The van der Waals surface area contributed by atoms with E-state index in [1.807, 2.05) is 24.3 Å². The highest BCUT2D eigenvalue weighted by Crippen LogP contribution is 2.46. The molecule has 24 heavy (non-hydrogen) atoms. The molecule has 0 amide bonds. The maximum atomic E-state index is 13.1. The van der Waals surface area contributed by atoms with Crippen LogP contribution in [-0.2, 0) is 0 Å². The summed E-state index contributed by atoms with van der Waals surface area (Å²) in [6.07, 6.45) is 1.64. The summed E-state index contributed by atoms with van der Waals surface area (Å²) in [5.41, 5.74) is 2.59. The first-order valence-electron chi connectivity index (χ1n) is 7.46. The molecule has 1 aliphatic rings. The molecule has 0 bridgehead atoms. The number of benzene rings is 2. The van der Waals surface area contributed by atoms with Crippen LogP contribution in [0.4, 0.5) is 0 Å². The monoisotopic (exact) mass is 321 g/mol. The largest absolute Gasteiger partial charge is 0.497 e. The Labute approximate surface area is 138 Å². The third-order valence-corrected chi connectivity index (χ3v) is 4.35. The molecular weight excluding hydrogens is 306 g/mol. The molecule has 1 aromatic heterocycles. The minimum atomic E-state index is -0.163. The van der Waals surface area contributed by atoms with Crippen LogP contribution in [0.5, 0.6) is 17.2 Å². The minimum Gasteiger partial charge on any atom is -0.497 e. The van der Waals surface area contributed by atoms with Gasteiger partial charge in [-0.2, -0.15) is 0 Å². The third-order valence-electron chi connectivity index (χ3n) is 4.35. The van der Waals surface area contributed by atoms with Gasteiger partial charge in [-0.25, -0.2) is 0 Å². The Kier molecular flexibility index (Phi) is 3.16. The number of nitrogens with zero attached hydrogens (tertiary/aromatic N) is 1. The molecule has 0 aliphatic heterocycles. The topological polar surface area (TPSA) is 57.7 Å². The number of carbonyl (C=O) groups excluding carboxylic acids is 1. The van der Waals surface area contributed by atoms with Gasteiger partial charge in [-0.1, -0.05) is 0 Å². The predicted molar refractivity (Wildman–Crippen MR) is 90.3 cm³/mol. The average Bonchev–Trinajstić information content (AvgIpc) is 2.63. The molecule has 0 spiro atoms. The summed E-state index contributed by atoms with van der Waals surface area (Å²) >= 11 is 0. The van der Waals surface area contributed by atoms with Gasteiger partial charge >= 0.3 is 0 Å². The van der Waals surface area contributed by atoms with E-state index in [0.717, 1.165) is 27.6 Å². The molecule has 0 saturated heterocycles. The van der Waals surface area contributed by atoms with Crippen molar-refractivity contribution in [2.24, 2.45) is 0 Å². The number of rotatable bonds is 3. The van der Waals surface area contributed by atoms with Crippen LogP contribution in [0, 0.1) is 0 Å². The molecule has 3 aromatic rings. The molecule has 1 heterocycles. The van der Waals surface area contributed by atoms with Gasteiger partial charge in [0, 0.05) is 11.6 Å². The molecule has 1 aliphatic carbocycles. The molecule has 4 rings (SSSR count). The van der Waals surface area contributed by atoms with Gasteiger partial charge in [-0.05, 0) is 46.8 Å². The Hall–Kier alpha value is -3.08. The van der Waals surface area contributed by atoms with Crippen LogP contribution >= 0.6 is 0 Å². The van der Waals surface area contributed by atoms with Gasteiger partial charge in [0.25, 0.3) is 0 Å². The lowest BCUT2D eigenvalue weighted by Gasteiger charge is -2.22. The van der Waals surface area contributed by atoms with Crippen molar-refractivity contribution in [2.45, 2.75) is 0 Å². The number of ketones is 1. The van der Waals surface area contributed by atoms with Crippen molar-refractivity contribution in [1.82, 2.24) is 4.98 Å². The maximum absolute atomic E-state index is 13.1. The van der Waals surface area contributed by atoms with Crippen molar-refractivity contribution in [3.05, 3.63) is 47.8 Å². The first-order chi connectivity index (χ1) is 11.7. The highest BCUT2D eigenvalue weighted by atomic mass is 16.5. The quantitative estimate of drug-likeness (QED) is 0.578. The number of carbonyl (C=O) groups is 1. The fourth-order valence-electron chi connectivity index (χ4n) is 3.29. The van der Waals surface area contributed by atoms with E-state index in [-0.39, 0.29) is 5.78 Å². The van der Waals surface area contributed by atoms with E-state index in [1.165, 1.54) is 7.11 Å². The average molecular weight is 321 g/mol. The number of hydrogen-bond acceptors (Lipinski definition) is 5. The Morgan fingerprint density at radius 1 is 0.917 bits per heavy atom. The van der Waals surface area contributed by atoms with E-state index in [4.69, 9.17) is 14.2 Å². The molecule has 120 valence electrons. The zero-order valence-corrected chi connectivity index (χ0v) is 13.5. The van der Waals surface area contributed by atoms with Crippen LogP contribution in [0.1, 0.15) is 16.1 Å². The van der Waals surface area contributed by atoms with Crippen molar-refractivity contribution in [3.63, 3.8) is 0 Å². The van der Waals surface area contributed by atoms with Crippen molar-refractivity contribution < 1.29 is 19.0 Å². The van der Waals surface area contributed by atoms with Crippen LogP contribution in [0.25, 0.3) is 21.9 Å². The normalized spacial score (nSPS) is 12.0. The number of pyridine rings is 1. The molecule has 0 fully saturated rings. The van der Waals surface area contributed by atoms with Crippen molar-refractivity contribution in [2.75, 3.05) is 21.3 Å². The first kappa shape index (κ1) is 14.5. The number of aromatic nitrogens is 1. The molecule has 2 aromatic carbocycles. The van der Waals surface area contributed by atoms with Crippen LogP contribution in [0.3, 0.4) is 0 Å². The SMILES string of the molecule is COc1cc2c3c(nccc3c1)C(=O)c1c-2ccc(OC)c1OC. The molecule has 0 saturated carbocycles. The number of methoxy groups -OCH3 is 3. The van der Waals surface area contributed by atoms with Gasteiger partial charge in [0.1, 0.15) is 11.4 Å². The Morgan fingerprint density at radius 3 is 2.46 bits per heavy atom. The summed E-state index contributed by atoms with van der Waals surface area (Å²) in [5.74, 6) is 1.50. The summed E-state index contributed by atoms with van der Waals surface area (Å²) in [6, 6.07) is 9.38. The molecular formula is C19H15NO4. The zero-order chi connectivity index (χ0) is 16.8. The smallest absolute Gasteiger partial charge is 0.216 e. The summed E-state index contributed by atoms with van der Waals surface area (Å²) < 4.78 is 16.2. The van der Waals surface area contributed by atoms with E-state index >= 15 is 0 Å². The van der Waals surface area contributed by atoms with Crippen molar-refractivity contribution in [3.8, 4) is 28.4 Å². The number of hydrogen-bond donors (Lipinski definition) is 0. The van der Waals surface area contributed by atoms with E-state index < -0.39 is 0 Å². The van der Waals surface area contributed by atoms with Crippen LogP contribution in [0.2, 0.25) is 0 Å². The second-order valence-electron chi connectivity index (χ2n) is 5.49. The van der Waals surface area contributed by atoms with E-state index in [1.54, 1.807) is 26.5 Å². The van der Waals surface area contributed by atoms with Crippen LogP contribution < -0.4 is 14.2 Å². The van der Waals surface area contributed by atoms with Crippen LogP contribution in [0.15, 0.2) is 36.5 Å². The number of ether oxygens (including phenoxy) is 3. The second kappa shape index (κ2) is 5.23. The van der Waals surface area contributed by atoms with E-state index in [0.29, 0.717) is 22.8 Å². The lowest BCUT2D eigenvalue weighted by Crippen LogP contribution is -2.14. The molecule has 0 atom stereocenters.